The summed E-state index contributed by atoms with van der Waals surface area (Å²) in [4.78, 5) is 13.9. The minimum atomic E-state index is -0.923. The SMILES string of the molecule is COCC(C)(O)[C@H]1CCCN(C(=O)OCc2ccccc2)C1. The number of hydrogen-bond donors (Lipinski definition) is 1. The van der Waals surface area contributed by atoms with Gasteiger partial charge in [-0.1, -0.05) is 30.3 Å². The fourth-order valence-corrected chi connectivity index (χ4v) is 2.87. The van der Waals surface area contributed by atoms with Crippen molar-refractivity contribution in [3.8, 4) is 0 Å². The average molecular weight is 307 g/mol. The van der Waals surface area contributed by atoms with Gasteiger partial charge < -0.3 is 19.5 Å². The molecule has 1 saturated heterocycles. The largest absolute Gasteiger partial charge is 0.445 e. The first-order chi connectivity index (χ1) is 10.5. The highest BCUT2D eigenvalue weighted by molar-refractivity contribution is 5.67. The number of carbonyl (C=O) groups is 1. The van der Waals surface area contributed by atoms with Crippen LogP contribution in [0.25, 0.3) is 0 Å². The summed E-state index contributed by atoms with van der Waals surface area (Å²) >= 11 is 0. The third-order valence-electron chi connectivity index (χ3n) is 4.20. The van der Waals surface area contributed by atoms with Crippen molar-refractivity contribution in [2.45, 2.75) is 32.0 Å². The van der Waals surface area contributed by atoms with Gasteiger partial charge >= 0.3 is 6.09 Å². The molecule has 1 aromatic rings. The maximum Gasteiger partial charge on any atom is 0.410 e. The van der Waals surface area contributed by atoms with Crippen LogP contribution in [0.15, 0.2) is 30.3 Å². The van der Waals surface area contributed by atoms with E-state index in [1.165, 1.54) is 0 Å². The van der Waals surface area contributed by atoms with E-state index >= 15 is 0 Å². The van der Waals surface area contributed by atoms with Crippen molar-refractivity contribution >= 4 is 6.09 Å². The number of aliphatic hydroxyl groups is 1. The van der Waals surface area contributed by atoms with Gasteiger partial charge in [-0.3, -0.25) is 0 Å². The number of piperidine rings is 1. The predicted molar refractivity (Wildman–Crippen MR) is 83.4 cm³/mol. The lowest BCUT2D eigenvalue weighted by atomic mass is 9.83. The van der Waals surface area contributed by atoms with E-state index in [1.54, 1.807) is 18.9 Å². The number of benzene rings is 1. The molecule has 1 aliphatic heterocycles. The van der Waals surface area contributed by atoms with E-state index in [9.17, 15) is 9.90 Å². The van der Waals surface area contributed by atoms with E-state index in [0.717, 1.165) is 18.4 Å². The van der Waals surface area contributed by atoms with Crippen LogP contribution in [-0.2, 0) is 16.1 Å². The number of nitrogens with zero attached hydrogens (tertiary/aromatic N) is 1. The molecule has 0 aromatic heterocycles. The van der Waals surface area contributed by atoms with Gasteiger partial charge in [-0.15, -0.1) is 0 Å². The molecule has 5 nitrogen and oxygen atoms in total. The van der Waals surface area contributed by atoms with Crippen LogP contribution >= 0.6 is 0 Å². The van der Waals surface area contributed by atoms with Gasteiger partial charge in [0.25, 0.3) is 0 Å². The first kappa shape index (κ1) is 16.8. The van der Waals surface area contributed by atoms with Crippen LogP contribution < -0.4 is 0 Å². The minimum absolute atomic E-state index is 0.00507. The Morgan fingerprint density at radius 3 is 2.82 bits per heavy atom. The van der Waals surface area contributed by atoms with Gasteiger partial charge in [0.15, 0.2) is 0 Å². The Labute approximate surface area is 131 Å². The van der Waals surface area contributed by atoms with Gasteiger partial charge in [0.2, 0.25) is 0 Å². The standard InChI is InChI=1S/C17H25NO4/c1-17(20,13-21-2)15-9-6-10-18(11-15)16(19)22-12-14-7-4-3-5-8-14/h3-5,7-8,15,20H,6,9-13H2,1-2H3/t15-,17?/m0/s1. The molecule has 1 unspecified atom stereocenters. The van der Waals surface area contributed by atoms with Crippen molar-refractivity contribution in [3.63, 3.8) is 0 Å². The van der Waals surface area contributed by atoms with Crippen LogP contribution in [0, 0.1) is 5.92 Å². The monoisotopic (exact) mass is 307 g/mol. The maximum absolute atomic E-state index is 12.2. The summed E-state index contributed by atoms with van der Waals surface area (Å²) in [5.74, 6) is 0.00507. The highest BCUT2D eigenvalue weighted by Crippen LogP contribution is 2.28. The van der Waals surface area contributed by atoms with Crippen LogP contribution in [0.5, 0.6) is 0 Å². The highest BCUT2D eigenvalue weighted by Gasteiger charge is 2.36. The normalized spacial score (nSPS) is 21.2. The summed E-state index contributed by atoms with van der Waals surface area (Å²) in [5, 5.41) is 10.4. The summed E-state index contributed by atoms with van der Waals surface area (Å²) in [5.41, 5.74) is 0.0448. The second kappa shape index (κ2) is 7.61. The highest BCUT2D eigenvalue weighted by atomic mass is 16.6. The second-order valence-electron chi connectivity index (χ2n) is 6.12. The lowest BCUT2D eigenvalue weighted by molar-refractivity contribution is -0.0776. The van der Waals surface area contributed by atoms with Crippen LogP contribution in [0.2, 0.25) is 0 Å². The van der Waals surface area contributed by atoms with Gasteiger partial charge in [-0.05, 0) is 25.3 Å². The third kappa shape index (κ3) is 4.45. The van der Waals surface area contributed by atoms with Gasteiger partial charge in [0, 0.05) is 26.1 Å². The van der Waals surface area contributed by atoms with Crippen LogP contribution in [0.3, 0.4) is 0 Å². The summed E-state index contributed by atoms with van der Waals surface area (Å²) < 4.78 is 10.4. The van der Waals surface area contributed by atoms with E-state index in [2.05, 4.69) is 0 Å². The molecule has 1 aliphatic rings. The van der Waals surface area contributed by atoms with Gasteiger partial charge in [0.1, 0.15) is 6.61 Å². The molecule has 122 valence electrons. The fraction of sp³-hybridized carbons (Fsp3) is 0.588. The van der Waals surface area contributed by atoms with Gasteiger partial charge in [0.05, 0.1) is 12.2 Å². The number of hydrogen-bond acceptors (Lipinski definition) is 4. The number of ether oxygens (including phenoxy) is 2. The van der Waals surface area contributed by atoms with Crippen LogP contribution in [0.1, 0.15) is 25.3 Å². The quantitative estimate of drug-likeness (QED) is 0.907. The Hall–Kier alpha value is -1.59. The molecule has 1 aromatic carbocycles. The molecule has 1 N–H and O–H groups in total. The van der Waals surface area contributed by atoms with Crippen molar-refractivity contribution in [1.29, 1.82) is 0 Å². The molecular formula is C17H25NO4. The maximum atomic E-state index is 12.2. The molecule has 0 spiro atoms. The lowest BCUT2D eigenvalue weighted by Gasteiger charge is -2.39. The minimum Gasteiger partial charge on any atom is -0.445 e. The lowest BCUT2D eigenvalue weighted by Crippen LogP contribution is -2.50. The fourth-order valence-electron chi connectivity index (χ4n) is 2.87. The average Bonchev–Trinajstić information content (AvgIpc) is 2.53. The van der Waals surface area contributed by atoms with Gasteiger partial charge in [-0.25, -0.2) is 4.79 Å². The van der Waals surface area contributed by atoms with Crippen LogP contribution in [-0.4, -0.2) is 48.5 Å². The van der Waals surface area contributed by atoms with E-state index < -0.39 is 5.60 Å². The van der Waals surface area contributed by atoms with Crippen molar-refractivity contribution in [2.75, 3.05) is 26.8 Å². The predicted octanol–water partition coefficient (Wildman–Crippen LogP) is 2.43. The summed E-state index contributed by atoms with van der Waals surface area (Å²) in [6.45, 7) is 3.48. The Balaban J connectivity index is 1.87. The smallest absolute Gasteiger partial charge is 0.410 e. The summed E-state index contributed by atoms with van der Waals surface area (Å²) in [6, 6.07) is 9.62. The number of rotatable bonds is 5. The van der Waals surface area contributed by atoms with E-state index in [4.69, 9.17) is 9.47 Å². The molecule has 1 heterocycles. The molecule has 1 amide bonds. The Kier molecular flexibility index (Phi) is 5.80. The summed E-state index contributed by atoms with van der Waals surface area (Å²) in [6.07, 6.45) is 1.44. The first-order valence-corrected chi connectivity index (χ1v) is 7.70. The third-order valence-corrected chi connectivity index (χ3v) is 4.20. The molecule has 0 saturated carbocycles. The Bertz CT molecular complexity index is 475. The zero-order chi connectivity index (χ0) is 16.0. The van der Waals surface area contributed by atoms with E-state index in [-0.39, 0.29) is 25.2 Å². The number of amides is 1. The molecule has 0 bridgehead atoms. The van der Waals surface area contributed by atoms with E-state index in [0.29, 0.717) is 13.1 Å². The van der Waals surface area contributed by atoms with Gasteiger partial charge in [-0.2, -0.15) is 0 Å². The zero-order valence-electron chi connectivity index (χ0n) is 13.3. The van der Waals surface area contributed by atoms with Crippen molar-refractivity contribution < 1.29 is 19.4 Å². The molecule has 0 radical (unpaired) electrons. The molecule has 22 heavy (non-hydrogen) atoms. The second-order valence-corrected chi connectivity index (χ2v) is 6.12. The zero-order valence-corrected chi connectivity index (χ0v) is 13.3. The molecule has 2 atom stereocenters. The summed E-state index contributed by atoms with van der Waals surface area (Å²) in [7, 11) is 1.57. The molecular weight excluding hydrogens is 282 g/mol. The van der Waals surface area contributed by atoms with E-state index in [1.807, 2.05) is 30.3 Å². The van der Waals surface area contributed by atoms with Crippen molar-refractivity contribution in [2.24, 2.45) is 5.92 Å². The number of likely N-dealkylation sites (tertiary alicyclic amines) is 1. The van der Waals surface area contributed by atoms with Crippen molar-refractivity contribution in [1.82, 2.24) is 4.90 Å². The Morgan fingerprint density at radius 2 is 2.14 bits per heavy atom. The molecule has 2 rings (SSSR count). The van der Waals surface area contributed by atoms with Crippen LogP contribution in [0.4, 0.5) is 4.79 Å². The molecule has 5 heteroatoms. The number of carbonyl (C=O) groups excluding carboxylic acids is 1. The molecule has 1 fully saturated rings. The Morgan fingerprint density at radius 1 is 1.41 bits per heavy atom. The first-order valence-electron chi connectivity index (χ1n) is 7.70. The topological polar surface area (TPSA) is 59.0 Å². The number of methoxy groups -OCH3 is 1. The van der Waals surface area contributed by atoms with Crippen molar-refractivity contribution in [3.05, 3.63) is 35.9 Å². The molecule has 0 aliphatic carbocycles.